The van der Waals surface area contributed by atoms with Gasteiger partial charge in [0.1, 0.15) is 35.1 Å². The SMILES string of the molecule is C[C@@H]1C[C@H](N)CN(c2ccncc2NC(=O)c2ccc(F)c(-c3c(F)cc(OC4CCOCC4)cc3F)c2F)C1. The molecule has 0 saturated carbocycles. The lowest BCUT2D eigenvalue weighted by Crippen LogP contribution is -2.46. The highest BCUT2D eigenvalue weighted by molar-refractivity contribution is 6.06. The maximum absolute atomic E-state index is 15.6. The summed E-state index contributed by atoms with van der Waals surface area (Å²) in [7, 11) is 0. The number of hydrogen-bond donors (Lipinski definition) is 2. The molecular weight excluding hydrogens is 528 g/mol. The van der Waals surface area contributed by atoms with E-state index in [0.717, 1.165) is 30.7 Å². The van der Waals surface area contributed by atoms with E-state index < -0.39 is 45.9 Å². The number of piperidine rings is 1. The van der Waals surface area contributed by atoms with Crippen LogP contribution in [0.15, 0.2) is 42.7 Å². The first-order valence-corrected chi connectivity index (χ1v) is 13.2. The van der Waals surface area contributed by atoms with Crippen LogP contribution in [0.1, 0.15) is 36.5 Å². The van der Waals surface area contributed by atoms with Gasteiger partial charge in [0.05, 0.1) is 47.5 Å². The van der Waals surface area contributed by atoms with Crippen LogP contribution in [0.5, 0.6) is 5.75 Å². The van der Waals surface area contributed by atoms with Crippen molar-refractivity contribution in [1.29, 1.82) is 0 Å². The minimum absolute atomic E-state index is 0.0594. The van der Waals surface area contributed by atoms with Gasteiger partial charge in [-0.3, -0.25) is 9.78 Å². The van der Waals surface area contributed by atoms with Gasteiger partial charge < -0.3 is 25.4 Å². The van der Waals surface area contributed by atoms with Crippen molar-refractivity contribution in [1.82, 2.24) is 4.98 Å². The Morgan fingerprint density at radius 2 is 1.77 bits per heavy atom. The third-order valence-corrected chi connectivity index (χ3v) is 7.15. The Morgan fingerprint density at radius 3 is 2.48 bits per heavy atom. The first-order chi connectivity index (χ1) is 19.2. The van der Waals surface area contributed by atoms with Crippen molar-refractivity contribution < 1.29 is 31.8 Å². The molecule has 3 heterocycles. The average Bonchev–Trinajstić information content (AvgIpc) is 2.90. The molecule has 3 aromatic rings. The second-order valence-electron chi connectivity index (χ2n) is 10.3. The van der Waals surface area contributed by atoms with Crippen LogP contribution in [0.25, 0.3) is 11.1 Å². The van der Waals surface area contributed by atoms with Gasteiger partial charge in [-0.25, -0.2) is 17.6 Å². The fraction of sp³-hybridized carbons (Fsp3) is 0.379. The molecule has 3 N–H and O–H groups in total. The zero-order chi connectivity index (χ0) is 28.4. The molecule has 1 amide bonds. The number of carbonyl (C=O) groups is 1. The van der Waals surface area contributed by atoms with Crippen molar-refractivity contribution in [3.05, 3.63) is 71.6 Å². The highest BCUT2D eigenvalue weighted by atomic mass is 19.1. The lowest BCUT2D eigenvalue weighted by atomic mass is 9.96. The summed E-state index contributed by atoms with van der Waals surface area (Å²) in [6.07, 6.45) is 4.65. The number of nitrogens with one attached hydrogen (secondary N) is 1. The van der Waals surface area contributed by atoms with Crippen LogP contribution in [0.4, 0.5) is 28.9 Å². The Bertz CT molecular complexity index is 1370. The molecular formula is C29H30F4N4O3. The van der Waals surface area contributed by atoms with E-state index in [1.165, 1.54) is 6.20 Å². The first kappa shape index (κ1) is 27.9. The maximum atomic E-state index is 15.6. The third-order valence-electron chi connectivity index (χ3n) is 7.15. The average molecular weight is 559 g/mol. The Kier molecular flexibility index (Phi) is 8.22. The molecule has 2 aromatic carbocycles. The summed E-state index contributed by atoms with van der Waals surface area (Å²) in [5, 5.41) is 2.61. The summed E-state index contributed by atoms with van der Waals surface area (Å²) in [5.74, 6) is -5.77. The van der Waals surface area contributed by atoms with E-state index in [1.807, 2.05) is 4.90 Å². The topological polar surface area (TPSA) is 89.7 Å². The van der Waals surface area contributed by atoms with Gasteiger partial charge in [-0.1, -0.05) is 6.92 Å². The summed E-state index contributed by atoms with van der Waals surface area (Å²) < 4.78 is 71.6. The van der Waals surface area contributed by atoms with Crippen molar-refractivity contribution >= 4 is 17.3 Å². The van der Waals surface area contributed by atoms with Crippen LogP contribution in [0, 0.1) is 29.2 Å². The Hall–Kier alpha value is -3.70. The molecule has 2 saturated heterocycles. The second-order valence-corrected chi connectivity index (χ2v) is 10.3. The monoisotopic (exact) mass is 558 g/mol. The number of aromatic nitrogens is 1. The molecule has 2 aliphatic heterocycles. The molecule has 7 nitrogen and oxygen atoms in total. The van der Waals surface area contributed by atoms with E-state index in [-0.39, 0.29) is 17.9 Å². The lowest BCUT2D eigenvalue weighted by Gasteiger charge is -2.37. The fourth-order valence-corrected chi connectivity index (χ4v) is 5.35. The number of hydrogen-bond acceptors (Lipinski definition) is 6. The molecule has 40 heavy (non-hydrogen) atoms. The van der Waals surface area contributed by atoms with Crippen molar-refractivity contribution in [3.8, 4) is 16.9 Å². The number of anilines is 2. The number of rotatable bonds is 6. The van der Waals surface area contributed by atoms with E-state index >= 15 is 13.2 Å². The molecule has 0 spiro atoms. The lowest BCUT2D eigenvalue weighted by molar-refractivity contribution is 0.0253. The minimum atomic E-state index is -1.40. The standard InChI is InChI=1S/C29H30F4N4O3/c1-16-10-17(34)15-37(14-16)25-4-7-35-13-24(25)36-29(38)20-2-3-21(30)27(28(20)33)26-22(31)11-19(12-23(26)32)40-18-5-8-39-9-6-18/h2-4,7,11-13,16-18H,5-6,8-10,14-15,34H2,1H3,(H,36,38)/t16-,17+/m1/s1. The quantitative estimate of drug-likeness (QED) is 0.400. The van der Waals surface area contributed by atoms with E-state index in [2.05, 4.69) is 17.2 Å². The van der Waals surface area contributed by atoms with Gasteiger partial charge in [0.25, 0.3) is 5.91 Å². The van der Waals surface area contributed by atoms with Gasteiger partial charge in [-0.05, 0) is 30.5 Å². The van der Waals surface area contributed by atoms with E-state index in [4.69, 9.17) is 15.2 Å². The molecule has 0 bridgehead atoms. The van der Waals surface area contributed by atoms with E-state index in [1.54, 1.807) is 12.3 Å². The molecule has 0 aliphatic carbocycles. The number of nitrogens with two attached hydrogens (primary N) is 1. The maximum Gasteiger partial charge on any atom is 0.258 e. The van der Waals surface area contributed by atoms with E-state index in [9.17, 15) is 9.18 Å². The molecule has 0 unspecified atom stereocenters. The number of benzene rings is 2. The number of halogens is 4. The number of carbonyl (C=O) groups excluding carboxylic acids is 1. The van der Waals surface area contributed by atoms with E-state index in [0.29, 0.717) is 56.4 Å². The Labute approximate surface area is 229 Å². The fourth-order valence-electron chi connectivity index (χ4n) is 5.35. The van der Waals surface area contributed by atoms with Crippen molar-refractivity contribution in [2.24, 2.45) is 11.7 Å². The molecule has 2 aliphatic rings. The Balaban J connectivity index is 1.43. The predicted octanol–water partition coefficient (Wildman–Crippen LogP) is 5.29. The molecule has 0 radical (unpaired) electrons. The second kappa shape index (κ2) is 11.8. The van der Waals surface area contributed by atoms with Gasteiger partial charge >= 0.3 is 0 Å². The summed E-state index contributed by atoms with van der Waals surface area (Å²) in [4.78, 5) is 19.2. The molecule has 1 aromatic heterocycles. The van der Waals surface area contributed by atoms with Gasteiger partial charge in [-0.2, -0.15) is 0 Å². The van der Waals surface area contributed by atoms with Crippen molar-refractivity contribution in [2.45, 2.75) is 38.3 Å². The first-order valence-electron chi connectivity index (χ1n) is 13.2. The van der Waals surface area contributed by atoms with Crippen LogP contribution in [0.3, 0.4) is 0 Å². The van der Waals surface area contributed by atoms with Crippen molar-refractivity contribution in [2.75, 3.05) is 36.5 Å². The largest absolute Gasteiger partial charge is 0.490 e. The zero-order valence-electron chi connectivity index (χ0n) is 21.9. The van der Waals surface area contributed by atoms with Crippen LogP contribution in [-0.4, -0.2) is 49.3 Å². The molecule has 11 heteroatoms. The smallest absolute Gasteiger partial charge is 0.258 e. The summed E-state index contributed by atoms with van der Waals surface area (Å²) in [6.45, 7) is 4.25. The van der Waals surface area contributed by atoms with Gasteiger partial charge in [0.15, 0.2) is 0 Å². The predicted molar refractivity (Wildman–Crippen MR) is 142 cm³/mol. The molecule has 5 rings (SSSR count). The third kappa shape index (κ3) is 5.90. The normalized spacial score (nSPS) is 19.9. The summed E-state index contributed by atoms with van der Waals surface area (Å²) >= 11 is 0. The number of nitrogens with zero attached hydrogens (tertiary/aromatic N) is 2. The highest BCUT2D eigenvalue weighted by Crippen LogP contribution is 2.36. The molecule has 2 fully saturated rings. The number of ether oxygens (including phenoxy) is 2. The van der Waals surface area contributed by atoms with Crippen molar-refractivity contribution in [3.63, 3.8) is 0 Å². The summed E-state index contributed by atoms with van der Waals surface area (Å²) in [5.41, 5.74) is 4.62. The molecule has 212 valence electrons. The Morgan fingerprint density at radius 1 is 1.05 bits per heavy atom. The van der Waals surface area contributed by atoms with Crippen LogP contribution < -0.4 is 20.7 Å². The zero-order valence-corrected chi connectivity index (χ0v) is 21.9. The van der Waals surface area contributed by atoms with Gasteiger partial charge in [0, 0.05) is 50.3 Å². The van der Waals surface area contributed by atoms with Gasteiger partial charge in [0.2, 0.25) is 0 Å². The minimum Gasteiger partial charge on any atom is -0.490 e. The van der Waals surface area contributed by atoms with Crippen LogP contribution >= 0.6 is 0 Å². The number of pyridine rings is 1. The van der Waals surface area contributed by atoms with Gasteiger partial charge in [-0.15, -0.1) is 0 Å². The van der Waals surface area contributed by atoms with Crippen LogP contribution in [0.2, 0.25) is 0 Å². The summed E-state index contributed by atoms with van der Waals surface area (Å²) in [6, 6.07) is 5.14. The number of amides is 1. The molecule has 2 atom stereocenters. The van der Waals surface area contributed by atoms with Crippen LogP contribution in [-0.2, 0) is 4.74 Å². The highest BCUT2D eigenvalue weighted by Gasteiger charge is 2.28.